The number of cyclic esters (lactones) is 1. The van der Waals surface area contributed by atoms with Gasteiger partial charge in [0, 0.05) is 24.6 Å². The van der Waals surface area contributed by atoms with Gasteiger partial charge in [0.15, 0.2) is 5.60 Å². The third-order valence-electron chi connectivity index (χ3n) is 8.75. The van der Waals surface area contributed by atoms with E-state index in [0.717, 1.165) is 47.1 Å². The van der Waals surface area contributed by atoms with E-state index in [9.17, 15) is 19.5 Å². The Morgan fingerprint density at radius 3 is 2.79 bits per heavy atom. The molecule has 0 radical (unpaired) electrons. The fourth-order valence-electron chi connectivity index (χ4n) is 6.19. The molecule has 3 aromatic rings. The number of hydrogen-bond donors (Lipinski definition) is 2. The molecule has 11 heteroatoms. The van der Waals surface area contributed by atoms with Crippen molar-refractivity contribution in [2.45, 2.75) is 70.1 Å². The van der Waals surface area contributed by atoms with Crippen molar-refractivity contribution in [1.29, 1.82) is 0 Å². The van der Waals surface area contributed by atoms with Gasteiger partial charge in [-0.1, -0.05) is 50.3 Å². The van der Waals surface area contributed by atoms with E-state index in [1.54, 1.807) is 23.6 Å². The van der Waals surface area contributed by atoms with Crippen LogP contribution in [0.3, 0.4) is 0 Å². The Morgan fingerprint density at radius 1 is 1.21 bits per heavy atom. The fraction of sp³-hybridized carbons (Fsp3) is 0.419. The molecule has 1 aromatic carbocycles. The van der Waals surface area contributed by atoms with Gasteiger partial charge < -0.3 is 24.0 Å². The van der Waals surface area contributed by atoms with Crippen molar-refractivity contribution in [1.82, 2.24) is 15.0 Å². The first kappa shape index (κ1) is 28.3. The zero-order chi connectivity index (χ0) is 29.6. The van der Waals surface area contributed by atoms with Gasteiger partial charge in [0.2, 0.25) is 5.76 Å². The van der Waals surface area contributed by atoms with Crippen molar-refractivity contribution < 1.29 is 29.0 Å². The van der Waals surface area contributed by atoms with Crippen LogP contribution in [0.4, 0.5) is 0 Å². The Hall–Kier alpha value is -3.80. The molecule has 0 bridgehead atoms. The number of hydrogen-bond acceptors (Lipinski definition) is 9. The number of nitrogens with one attached hydrogen (secondary N) is 1. The topological polar surface area (TPSA) is 129 Å². The number of carbonyl (C=O) groups is 2. The average Bonchev–Trinajstić information content (AvgIpc) is 3.65. The minimum atomic E-state index is -1.85. The van der Waals surface area contributed by atoms with Crippen LogP contribution in [0.5, 0.6) is 0 Å². The van der Waals surface area contributed by atoms with E-state index in [4.69, 9.17) is 19.3 Å². The summed E-state index contributed by atoms with van der Waals surface area (Å²) in [6, 6.07) is 11.8. The molecule has 220 valence electrons. The number of hydroxylamine groups is 1. The van der Waals surface area contributed by atoms with Gasteiger partial charge in [0.05, 0.1) is 42.2 Å². The Bertz CT molecular complexity index is 1700. The molecule has 2 aromatic heterocycles. The summed E-state index contributed by atoms with van der Waals surface area (Å²) < 4.78 is 12.3. The maximum absolute atomic E-state index is 13.7. The first-order valence-corrected chi connectivity index (χ1v) is 17.9. The summed E-state index contributed by atoms with van der Waals surface area (Å²) in [4.78, 5) is 48.3. The fourth-order valence-corrected chi connectivity index (χ4v) is 8.47. The predicted molar refractivity (Wildman–Crippen MR) is 158 cm³/mol. The van der Waals surface area contributed by atoms with Crippen molar-refractivity contribution in [3.63, 3.8) is 0 Å². The number of aryl methyl sites for hydroxylation is 1. The molecular weight excluding hydrogens is 554 g/mol. The Kier molecular flexibility index (Phi) is 7.28. The number of rotatable bonds is 9. The second-order valence-electron chi connectivity index (χ2n) is 12.0. The summed E-state index contributed by atoms with van der Waals surface area (Å²) in [5, 5.41) is 12.3. The monoisotopic (exact) mass is 589 g/mol. The van der Waals surface area contributed by atoms with Crippen LogP contribution < -0.4 is 11.0 Å². The standard InChI is InChI=1S/C31H35N3O7Si/c1-4-31(38)23-16-25-27-21(17-34(25)28(35)22(23)18-40-30(31)37)19(20-8-5-6-9-24(20)33-27)11-15-42(2,3)14-7-13-39-29(36)26-10-12-32-41-26/h5-6,8-10,16,32,38H,4,7,11-15,17-18H2,1-3H3/t31-/m0/s1. The molecule has 5 heterocycles. The van der Waals surface area contributed by atoms with E-state index >= 15 is 0 Å². The highest BCUT2D eigenvalue weighted by atomic mass is 28.3. The molecule has 0 saturated heterocycles. The summed E-state index contributed by atoms with van der Waals surface area (Å²) in [5.41, 5.74) is 5.54. The van der Waals surface area contributed by atoms with Gasteiger partial charge in [-0.15, -0.1) is 0 Å². The van der Waals surface area contributed by atoms with Gasteiger partial charge in [-0.25, -0.2) is 14.6 Å². The highest BCUT2D eigenvalue weighted by Crippen LogP contribution is 2.41. The number of benzene rings is 1. The van der Waals surface area contributed by atoms with E-state index in [0.29, 0.717) is 36.5 Å². The maximum Gasteiger partial charge on any atom is 0.375 e. The lowest BCUT2D eigenvalue weighted by atomic mass is 9.86. The lowest BCUT2D eigenvalue weighted by Gasteiger charge is -2.31. The zero-order valence-corrected chi connectivity index (χ0v) is 25.1. The van der Waals surface area contributed by atoms with Crippen LogP contribution in [-0.2, 0) is 49.1 Å². The first-order chi connectivity index (χ1) is 20.1. The summed E-state index contributed by atoms with van der Waals surface area (Å²) in [7, 11) is -1.68. The quantitative estimate of drug-likeness (QED) is 0.171. The van der Waals surface area contributed by atoms with Crippen LogP contribution in [0.25, 0.3) is 22.3 Å². The molecule has 3 aliphatic rings. The minimum Gasteiger partial charge on any atom is -0.460 e. The van der Waals surface area contributed by atoms with Gasteiger partial charge in [0.25, 0.3) is 5.56 Å². The number of carbonyl (C=O) groups excluding carboxylic acids is 2. The van der Waals surface area contributed by atoms with Crippen LogP contribution in [-0.4, -0.2) is 47.8 Å². The van der Waals surface area contributed by atoms with E-state index in [1.807, 2.05) is 18.2 Å². The van der Waals surface area contributed by atoms with Crippen LogP contribution >= 0.6 is 0 Å². The summed E-state index contributed by atoms with van der Waals surface area (Å²) >= 11 is 0. The predicted octanol–water partition coefficient (Wildman–Crippen LogP) is 3.68. The first-order valence-electron chi connectivity index (χ1n) is 14.5. The normalized spacial score (nSPS) is 19.0. The van der Waals surface area contributed by atoms with Crippen LogP contribution in [0.15, 0.2) is 47.0 Å². The van der Waals surface area contributed by atoms with Gasteiger partial charge in [-0.05, 0) is 43.0 Å². The Balaban J connectivity index is 1.27. The van der Waals surface area contributed by atoms with Crippen molar-refractivity contribution in [2.75, 3.05) is 13.2 Å². The van der Waals surface area contributed by atoms with Crippen LogP contribution in [0.1, 0.15) is 42.0 Å². The highest BCUT2D eigenvalue weighted by molar-refractivity contribution is 6.77. The Morgan fingerprint density at radius 2 is 2.02 bits per heavy atom. The second kappa shape index (κ2) is 10.8. The smallest absolute Gasteiger partial charge is 0.375 e. The number of aromatic nitrogens is 2. The Labute approximate surface area is 244 Å². The third kappa shape index (κ3) is 4.85. The number of ether oxygens (including phenoxy) is 2. The molecule has 1 atom stereocenters. The van der Waals surface area contributed by atoms with Crippen molar-refractivity contribution in [3.8, 4) is 11.4 Å². The SMILES string of the molecule is CC[C@@]1(O)C(=O)OCc2c1cc1n(c2=O)Cc2c-1nc1ccccc1c2CC[Si](C)(C)CCCOC(=O)C1=CCNO1. The molecule has 3 aliphatic heterocycles. The lowest BCUT2D eigenvalue weighted by molar-refractivity contribution is -0.172. The van der Waals surface area contributed by atoms with Crippen molar-refractivity contribution >= 4 is 30.9 Å². The molecule has 0 spiro atoms. The van der Waals surface area contributed by atoms with E-state index in [1.165, 1.54) is 5.56 Å². The van der Waals surface area contributed by atoms with E-state index in [-0.39, 0.29) is 24.3 Å². The summed E-state index contributed by atoms with van der Waals surface area (Å²) in [5.74, 6) is -0.956. The number of aliphatic hydroxyl groups is 1. The number of fused-ring (bicyclic) bond motifs is 5. The number of pyridine rings is 2. The molecule has 6 rings (SSSR count). The molecule has 2 N–H and O–H groups in total. The number of para-hydroxylation sites is 1. The zero-order valence-electron chi connectivity index (χ0n) is 24.1. The average molecular weight is 590 g/mol. The molecule has 42 heavy (non-hydrogen) atoms. The minimum absolute atomic E-state index is 0.104. The molecule has 10 nitrogen and oxygen atoms in total. The van der Waals surface area contributed by atoms with Crippen molar-refractivity contribution in [2.24, 2.45) is 0 Å². The second-order valence-corrected chi connectivity index (χ2v) is 17.3. The molecule has 0 fully saturated rings. The van der Waals surface area contributed by atoms with E-state index < -0.39 is 25.6 Å². The molecular formula is C31H35N3O7Si. The molecule has 0 aliphatic carbocycles. The summed E-state index contributed by atoms with van der Waals surface area (Å²) in [6.45, 7) is 7.48. The lowest BCUT2D eigenvalue weighted by Crippen LogP contribution is -2.44. The molecule has 0 unspecified atom stereocenters. The highest BCUT2D eigenvalue weighted by Gasteiger charge is 2.45. The van der Waals surface area contributed by atoms with Crippen LogP contribution in [0.2, 0.25) is 25.2 Å². The van der Waals surface area contributed by atoms with Gasteiger partial charge in [-0.2, -0.15) is 5.48 Å². The third-order valence-corrected chi connectivity index (χ3v) is 12.1. The summed E-state index contributed by atoms with van der Waals surface area (Å²) in [6.07, 6.45) is 3.39. The van der Waals surface area contributed by atoms with Gasteiger partial charge in [-0.3, -0.25) is 4.79 Å². The largest absolute Gasteiger partial charge is 0.460 e. The van der Waals surface area contributed by atoms with Gasteiger partial charge in [0.1, 0.15) is 6.61 Å². The maximum atomic E-state index is 13.7. The van der Waals surface area contributed by atoms with E-state index in [2.05, 4.69) is 24.6 Å². The van der Waals surface area contributed by atoms with Crippen LogP contribution in [0, 0.1) is 0 Å². The van der Waals surface area contributed by atoms with Crippen molar-refractivity contribution in [3.05, 3.63) is 74.8 Å². The number of nitrogens with zero attached hydrogens (tertiary/aromatic N) is 2. The molecule has 0 amide bonds. The van der Waals surface area contributed by atoms with Gasteiger partial charge >= 0.3 is 11.9 Å². The molecule has 0 saturated carbocycles. The number of esters is 2.